The molecule has 0 unspecified atom stereocenters. The Morgan fingerprint density at radius 3 is 2.51 bits per heavy atom. The predicted octanol–water partition coefficient (Wildman–Crippen LogP) is 5.54. The third kappa shape index (κ3) is 7.72. The lowest BCUT2D eigenvalue weighted by Gasteiger charge is -2.13. The largest absolute Gasteiger partial charge is 0.487 e. The smallest absolute Gasteiger partial charge is 0.265 e. The Morgan fingerprint density at radius 1 is 1.05 bits per heavy atom. The van der Waals surface area contributed by atoms with E-state index in [2.05, 4.69) is 15.0 Å². The van der Waals surface area contributed by atoms with Gasteiger partial charge in [0.05, 0.1) is 23.0 Å². The van der Waals surface area contributed by atoms with E-state index in [1.54, 1.807) is 35.7 Å². The third-order valence-corrected chi connectivity index (χ3v) is 8.34. The van der Waals surface area contributed by atoms with E-state index in [1.165, 1.54) is 31.5 Å². The maximum Gasteiger partial charge on any atom is 0.265 e. The van der Waals surface area contributed by atoms with Crippen LogP contribution in [0.25, 0.3) is 11.3 Å². The SMILES string of the molecule is CP(C)(=O)c1cc(F)cc(COc2cc(F)cnc2-c2csc(C(=O)Nc3cccc(NS(C)(=O)=O)c3)c2)c1. The van der Waals surface area contributed by atoms with Gasteiger partial charge in [-0.05, 0) is 61.4 Å². The number of hydrogen-bond acceptors (Lipinski definition) is 7. The summed E-state index contributed by atoms with van der Waals surface area (Å²) >= 11 is 1.13. The van der Waals surface area contributed by atoms with Gasteiger partial charge in [0.15, 0.2) is 0 Å². The van der Waals surface area contributed by atoms with E-state index in [4.69, 9.17) is 4.74 Å². The molecule has 4 rings (SSSR count). The Kier molecular flexibility index (Phi) is 8.20. The lowest BCUT2D eigenvalue weighted by molar-refractivity contribution is 0.103. The molecule has 8 nitrogen and oxygen atoms in total. The molecular weight excluding hydrogens is 567 g/mol. The van der Waals surface area contributed by atoms with Crippen molar-refractivity contribution >= 4 is 51.1 Å². The van der Waals surface area contributed by atoms with E-state index in [9.17, 15) is 26.6 Å². The van der Waals surface area contributed by atoms with Crippen molar-refractivity contribution in [3.05, 3.63) is 88.2 Å². The number of nitrogens with zero attached hydrogens (tertiary/aromatic N) is 1. The first kappa shape index (κ1) is 28.4. The van der Waals surface area contributed by atoms with Crippen molar-refractivity contribution in [3.8, 4) is 17.0 Å². The summed E-state index contributed by atoms with van der Waals surface area (Å²) in [6.45, 7) is 2.95. The van der Waals surface area contributed by atoms with Gasteiger partial charge in [0.1, 0.15) is 36.8 Å². The maximum absolute atomic E-state index is 14.1. The van der Waals surface area contributed by atoms with Crippen LogP contribution in [0.1, 0.15) is 15.2 Å². The zero-order valence-corrected chi connectivity index (χ0v) is 23.6. The Morgan fingerprint density at radius 2 is 1.79 bits per heavy atom. The number of benzene rings is 2. The van der Waals surface area contributed by atoms with Crippen molar-refractivity contribution in [1.82, 2.24) is 4.98 Å². The lowest BCUT2D eigenvalue weighted by Crippen LogP contribution is -2.12. The fourth-order valence-corrected chi connectivity index (χ4v) is 5.84. The number of hydrogen-bond donors (Lipinski definition) is 2. The standard InChI is InChI=1S/C26H24F2N3O5PS2/c1-37(2,33)22-8-16(7-18(27)10-22)14-36-23-11-19(28)13-29-25(23)17-9-24(38-15-17)26(32)30-20-5-4-6-21(12-20)31-39(3,34)35/h4-13,15,31H,14H2,1-3H3,(H,30,32). The summed E-state index contributed by atoms with van der Waals surface area (Å²) in [5, 5.41) is 4.74. The van der Waals surface area contributed by atoms with Gasteiger partial charge in [0.2, 0.25) is 10.0 Å². The van der Waals surface area contributed by atoms with Gasteiger partial charge in [-0.1, -0.05) is 6.07 Å². The molecule has 0 bridgehead atoms. The molecule has 0 aliphatic rings. The molecule has 0 aliphatic heterocycles. The Balaban J connectivity index is 1.53. The van der Waals surface area contributed by atoms with Gasteiger partial charge in [-0.3, -0.25) is 9.52 Å². The molecule has 0 aliphatic carbocycles. The normalized spacial score (nSPS) is 11.7. The van der Waals surface area contributed by atoms with E-state index >= 15 is 0 Å². The van der Waals surface area contributed by atoms with Gasteiger partial charge < -0.3 is 14.6 Å². The van der Waals surface area contributed by atoms with Gasteiger partial charge in [-0.25, -0.2) is 22.2 Å². The van der Waals surface area contributed by atoms with Crippen molar-refractivity contribution in [2.24, 2.45) is 0 Å². The number of carbonyl (C=O) groups is 1. The van der Waals surface area contributed by atoms with Crippen LogP contribution in [-0.4, -0.2) is 38.9 Å². The van der Waals surface area contributed by atoms with Crippen LogP contribution in [0.4, 0.5) is 20.2 Å². The first-order valence-electron chi connectivity index (χ1n) is 11.4. The number of thiophene rings is 1. The second-order valence-corrected chi connectivity index (χ2v) is 14.9. The van der Waals surface area contributed by atoms with Gasteiger partial charge in [0, 0.05) is 28.0 Å². The topological polar surface area (TPSA) is 114 Å². The minimum Gasteiger partial charge on any atom is -0.487 e. The van der Waals surface area contributed by atoms with Crippen LogP contribution in [0.15, 0.2) is 66.2 Å². The van der Waals surface area contributed by atoms with Crippen LogP contribution < -0.4 is 20.1 Å². The lowest BCUT2D eigenvalue weighted by atomic mass is 10.2. The minimum atomic E-state index is -3.48. The second-order valence-electron chi connectivity index (χ2n) is 9.07. The summed E-state index contributed by atoms with van der Waals surface area (Å²) in [4.78, 5) is 17.3. The fourth-order valence-electron chi connectivity index (χ4n) is 3.58. The van der Waals surface area contributed by atoms with Crippen LogP contribution >= 0.6 is 18.5 Å². The molecule has 39 heavy (non-hydrogen) atoms. The van der Waals surface area contributed by atoms with Crippen molar-refractivity contribution in [2.45, 2.75) is 6.61 Å². The van der Waals surface area contributed by atoms with Crippen molar-refractivity contribution in [2.75, 3.05) is 29.6 Å². The van der Waals surface area contributed by atoms with E-state index in [-0.39, 0.29) is 18.1 Å². The Bertz CT molecular complexity index is 1700. The molecule has 0 radical (unpaired) electrons. The molecule has 0 saturated heterocycles. The van der Waals surface area contributed by atoms with Crippen LogP contribution in [0, 0.1) is 11.6 Å². The highest BCUT2D eigenvalue weighted by atomic mass is 32.2. The van der Waals surface area contributed by atoms with Crippen LogP contribution in [0.3, 0.4) is 0 Å². The van der Waals surface area contributed by atoms with Crippen molar-refractivity contribution < 1.29 is 31.3 Å². The van der Waals surface area contributed by atoms with E-state index in [0.717, 1.165) is 29.9 Å². The molecule has 13 heteroatoms. The van der Waals surface area contributed by atoms with Gasteiger partial charge in [-0.2, -0.15) is 0 Å². The molecule has 4 aromatic rings. The number of nitrogens with one attached hydrogen (secondary N) is 2. The van der Waals surface area contributed by atoms with E-state index in [0.29, 0.717) is 32.7 Å². The summed E-state index contributed by atoms with van der Waals surface area (Å²) in [5.41, 5.74) is 1.87. The fraction of sp³-hybridized carbons (Fsp3) is 0.154. The molecule has 0 spiro atoms. The highest BCUT2D eigenvalue weighted by Gasteiger charge is 2.17. The number of halogens is 2. The summed E-state index contributed by atoms with van der Waals surface area (Å²) in [5.74, 6) is -1.56. The monoisotopic (exact) mass is 591 g/mol. The summed E-state index contributed by atoms with van der Waals surface area (Å²) in [6, 6.07) is 13.0. The van der Waals surface area contributed by atoms with Crippen LogP contribution in [0.2, 0.25) is 0 Å². The van der Waals surface area contributed by atoms with Crippen molar-refractivity contribution in [3.63, 3.8) is 0 Å². The van der Waals surface area contributed by atoms with Crippen molar-refractivity contribution in [1.29, 1.82) is 0 Å². The van der Waals surface area contributed by atoms with Crippen LogP contribution in [0.5, 0.6) is 5.75 Å². The molecule has 2 heterocycles. The molecule has 2 aromatic carbocycles. The second kappa shape index (κ2) is 11.3. The molecule has 1 amide bonds. The van der Waals surface area contributed by atoms with Gasteiger partial charge in [0.25, 0.3) is 5.91 Å². The first-order chi connectivity index (χ1) is 18.3. The average molecular weight is 592 g/mol. The van der Waals surface area contributed by atoms with Crippen LogP contribution in [-0.2, 0) is 21.2 Å². The summed E-state index contributed by atoms with van der Waals surface area (Å²) in [7, 11) is -6.19. The summed E-state index contributed by atoms with van der Waals surface area (Å²) in [6.07, 6.45) is 2.04. The predicted molar refractivity (Wildman–Crippen MR) is 150 cm³/mol. The zero-order valence-electron chi connectivity index (χ0n) is 21.1. The molecule has 0 saturated carbocycles. The molecule has 2 aromatic heterocycles. The number of anilines is 2. The maximum atomic E-state index is 14.1. The number of amides is 1. The highest BCUT2D eigenvalue weighted by Crippen LogP contribution is 2.36. The summed E-state index contributed by atoms with van der Waals surface area (Å²) < 4.78 is 71.6. The molecular formula is C26H24F2N3O5PS2. The minimum absolute atomic E-state index is 0.0845. The average Bonchev–Trinajstić information content (AvgIpc) is 3.31. The number of aromatic nitrogens is 1. The molecule has 0 atom stereocenters. The van der Waals surface area contributed by atoms with Gasteiger partial charge in [-0.15, -0.1) is 11.3 Å². The molecule has 204 valence electrons. The first-order valence-corrected chi connectivity index (χ1v) is 16.8. The number of sulfonamides is 1. The highest BCUT2D eigenvalue weighted by molar-refractivity contribution is 7.92. The molecule has 0 fully saturated rings. The number of ether oxygens (including phenoxy) is 1. The third-order valence-electron chi connectivity index (χ3n) is 5.30. The Hall–Kier alpha value is -3.60. The quantitative estimate of drug-likeness (QED) is 0.247. The number of rotatable bonds is 9. The Labute approximate surface area is 228 Å². The van der Waals surface area contributed by atoms with Gasteiger partial charge >= 0.3 is 0 Å². The van der Waals surface area contributed by atoms with E-state index < -0.39 is 34.7 Å². The zero-order chi connectivity index (χ0) is 28.4. The number of pyridine rings is 1. The molecule has 2 N–H and O–H groups in total. The number of carbonyl (C=O) groups excluding carboxylic acids is 1. The van der Waals surface area contributed by atoms with E-state index in [1.807, 2.05) is 0 Å².